The number of aliphatic hydroxyl groups is 1. The Morgan fingerprint density at radius 1 is 1.13 bits per heavy atom. The standard InChI is InChI=1S/C22H25N3O5S/c1-29-14-4-3-5-16(8-14)31(27,28)25-12-22(13-25)11-23-19(10-26)21-20(22)17-7-6-15(30-2)9-18(17)24-21/h3-9,19,23-24,26H,10-13H2,1-2H3/t19-/m0/s1. The summed E-state index contributed by atoms with van der Waals surface area (Å²) in [6, 6.07) is 12.2. The second kappa shape index (κ2) is 7.23. The van der Waals surface area contributed by atoms with Crippen molar-refractivity contribution in [1.29, 1.82) is 0 Å². The molecule has 0 amide bonds. The van der Waals surface area contributed by atoms with Gasteiger partial charge in [0.15, 0.2) is 0 Å². The number of aromatic amines is 1. The summed E-state index contributed by atoms with van der Waals surface area (Å²) >= 11 is 0. The number of nitrogens with one attached hydrogen (secondary N) is 2. The van der Waals surface area contributed by atoms with Gasteiger partial charge in [-0.05, 0) is 29.8 Å². The number of rotatable bonds is 5. The van der Waals surface area contributed by atoms with Gasteiger partial charge in [0.25, 0.3) is 0 Å². The molecule has 1 atom stereocenters. The Balaban J connectivity index is 1.53. The van der Waals surface area contributed by atoms with Gasteiger partial charge in [-0.2, -0.15) is 4.31 Å². The van der Waals surface area contributed by atoms with Crippen molar-refractivity contribution in [1.82, 2.24) is 14.6 Å². The van der Waals surface area contributed by atoms with E-state index in [2.05, 4.69) is 10.3 Å². The minimum Gasteiger partial charge on any atom is -0.497 e. The van der Waals surface area contributed by atoms with Gasteiger partial charge < -0.3 is 24.9 Å². The van der Waals surface area contributed by atoms with E-state index in [0.717, 1.165) is 27.9 Å². The molecule has 164 valence electrons. The lowest BCUT2D eigenvalue weighted by molar-refractivity contribution is 0.122. The van der Waals surface area contributed by atoms with E-state index in [1.165, 1.54) is 11.4 Å². The number of fused-ring (bicyclic) bond motifs is 4. The molecule has 0 radical (unpaired) electrons. The van der Waals surface area contributed by atoms with Crippen LogP contribution in [-0.4, -0.2) is 63.3 Å². The number of sulfonamides is 1. The smallest absolute Gasteiger partial charge is 0.243 e. The molecule has 9 heteroatoms. The first-order chi connectivity index (χ1) is 14.9. The molecule has 0 bridgehead atoms. The van der Waals surface area contributed by atoms with Crippen LogP contribution in [0.15, 0.2) is 47.4 Å². The third-order valence-electron chi connectivity index (χ3n) is 6.42. The van der Waals surface area contributed by atoms with Crippen LogP contribution in [0, 0.1) is 0 Å². The maximum absolute atomic E-state index is 13.2. The minimum atomic E-state index is -3.63. The summed E-state index contributed by atoms with van der Waals surface area (Å²) in [6.45, 7) is 1.28. The summed E-state index contributed by atoms with van der Waals surface area (Å²) in [6.07, 6.45) is 0. The number of hydrogen-bond acceptors (Lipinski definition) is 6. The SMILES string of the molecule is COc1cccc(S(=O)(=O)N2CC3(CN[C@@H](CO)c4[nH]c5cc(OC)ccc5c43)C2)c1. The molecule has 0 unspecified atom stereocenters. The summed E-state index contributed by atoms with van der Waals surface area (Å²) in [5.41, 5.74) is 2.55. The fourth-order valence-electron chi connectivity index (χ4n) is 4.80. The number of aliphatic hydroxyl groups excluding tert-OH is 1. The first kappa shape index (κ1) is 20.3. The van der Waals surface area contributed by atoms with Crippen LogP contribution in [0.4, 0.5) is 0 Å². The van der Waals surface area contributed by atoms with Gasteiger partial charge >= 0.3 is 0 Å². The van der Waals surface area contributed by atoms with E-state index in [-0.39, 0.29) is 23.0 Å². The molecule has 3 N–H and O–H groups in total. The van der Waals surface area contributed by atoms with Gasteiger partial charge in [-0.1, -0.05) is 6.07 Å². The number of nitrogens with zero attached hydrogens (tertiary/aromatic N) is 1. The average Bonchev–Trinajstić information content (AvgIpc) is 3.16. The van der Waals surface area contributed by atoms with Crippen molar-refractivity contribution in [3.63, 3.8) is 0 Å². The first-order valence-electron chi connectivity index (χ1n) is 10.1. The largest absolute Gasteiger partial charge is 0.497 e. The van der Waals surface area contributed by atoms with E-state index in [0.29, 0.717) is 25.4 Å². The lowest BCUT2D eigenvalue weighted by Crippen LogP contribution is -2.66. The fraction of sp³-hybridized carbons (Fsp3) is 0.364. The summed E-state index contributed by atoms with van der Waals surface area (Å²) in [7, 11) is -0.494. The molecule has 1 spiro atoms. The topological polar surface area (TPSA) is 104 Å². The Labute approximate surface area is 180 Å². The van der Waals surface area contributed by atoms with E-state index in [1.54, 1.807) is 31.4 Å². The molecule has 2 aliphatic heterocycles. The van der Waals surface area contributed by atoms with Crippen LogP contribution in [0.1, 0.15) is 17.3 Å². The van der Waals surface area contributed by atoms with Crippen LogP contribution in [0.2, 0.25) is 0 Å². The maximum Gasteiger partial charge on any atom is 0.243 e. The summed E-state index contributed by atoms with van der Waals surface area (Å²) in [4.78, 5) is 3.65. The number of methoxy groups -OCH3 is 2. The van der Waals surface area contributed by atoms with Crippen LogP contribution in [0.25, 0.3) is 10.9 Å². The number of benzene rings is 2. The van der Waals surface area contributed by atoms with E-state index >= 15 is 0 Å². The predicted octanol–water partition coefficient (Wildman–Crippen LogP) is 1.76. The number of ether oxygens (including phenoxy) is 2. The Morgan fingerprint density at radius 2 is 1.87 bits per heavy atom. The Morgan fingerprint density at radius 3 is 2.58 bits per heavy atom. The van der Waals surface area contributed by atoms with Gasteiger partial charge in [-0.15, -0.1) is 0 Å². The number of aromatic nitrogens is 1. The third-order valence-corrected chi connectivity index (χ3v) is 8.21. The highest BCUT2D eigenvalue weighted by Crippen LogP contribution is 2.47. The molecular formula is C22H25N3O5S. The van der Waals surface area contributed by atoms with Crippen molar-refractivity contribution < 1.29 is 23.0 Å². The van der Waals surface area contributed by atoms with Crippen LogP contribution in [0.3, 0.4) is 0 Å². The zero-order valence-corrected chi connectivity index (χ0v) is 18.2. The van der Waals surface area contributed by atoms with Crippen LogP contribution in [0.5, 0.6) is 11.5 Å². The number of hydrogen-bond donors (Lipinski definition) is 3. The Bertz CT molecular complexity index is 1250. The summed E-state index contributed by atoms with van der Waals surface area (Å²) < 4.78 is 38.5. The van der Waals surface area contributed by atoms with E-state index < -0.39 is 10.0 Å². The highest BCUT2D eigenvalue weighted by atomic mass is 32.2. The molecule has 2 aromatic carbocycles. The molecule has 3 heterocycles. The normalized spacial score (nSPS) is 20.4. The molecule has 1 fully saturated rings. The van der Waals surface area contributed by atoms with E-state index in [9.17, 15) is 13.5 Å². The second-order valence-electron chi connectivity index (χ2n) is 8.17. The molecule has 2 aliphatic rings. The molecule has 5 rings (SSSR count). The Hall–Kier alpha value is -2.59. The lowest BCUT2D eigenvalue weighted by atomic mass is 9.71. The van der Waals surface area contributed by atoms with Crippen molar-refractivity contribution in [3.05, 3.63) is 53.7 Å². The molecule has 31 heavy (non-hydrogen) atoms. The van der Waals surface area contributed by atoms with Gasteiger partial charge in [0.05, 0.1) is 31.8 Å². The molecule has 8 nitrogen and oxygen atoms in total. The van der Waals surface area contributed by atoms with Gasteiger partial charge in [-0.3, -0.25) is 0 Å². The van der Waals surface area contributed by atoms with E-state index in [4.69, 9.17) is 9.47 Å². The highest BCUT2D eigenvalue weighted by Gasteiger charge is 2.53. The zero-order valence-electron chi connectivity index (χ0n) is 17.4. The lowest BCUT2D eigenvalue weighted by Gasteiger charge is -2.52. The Kier molecular flexibility index (Phi) is 4.74. The van der Waals surface area contributed by atoms with Crippen molar-refractivity contribution in [3.8, 4) is 11.5 Å². The van der Waals surface area contributed by atoms with Crippen molar-refractivity contribution in [2.24, 2.45) is 0 Å². The van der Waals surface area contributed by atoms with Crippen molar-refractivity contribution in [2.45, 2.75) is 16.4 Å². The molecule has 1 aromatic heterocycles. The third kappa shape index (κ3) is 3.03. The van der Waals surface area contributed by atoms with Gasteiger partial charge in [0.1, 0.15) is 11.5 Å². The molecule has 0 aliphatic carbocycles. The van der Waals surface area contributed by atoms with Crippen LogP contribution >= 0.6 is 0 Å². The predicted molar refractivity (Wildman–Crippen MR) is 116 cm³/mol. The summed E-state index contributed by atoms with van der Waals surface area (Å²) in [5, 5.41) is 14.3. The monoisotopic (exact) mass is 443 g/mol. The first-order valence-corrected chi connectivity index (χ1v) is 11.5. The molecule has 3 aromatic rings. The zero-order chi connectivity index (χ0) is 21.8. The highest BCUT2D eigenvalue weighted by molar-refractivity contribution is 7.89. The molecule has 1 saturated heterocycles. The number of H-pyrrole nitrogens is 1. The molecule has 0 saturated carbocycles. The quantitative estimate of drug-likeness (QED) is 0.555. The maximum atomic E-state index is 13.2. The minimum absolute atomic E-state index is 0.0428. The van der Waals surface area contributed by atoms with Crippen LogP contribution < -0.4 is 14.8 Å². The molecular weight excluding hydrogens is 418 g/mol. The van der Waals surface area contributed by atoms with Gasteiger partial charge in [0, 0.05) is 53.8 Å². The van der Waals surface area contributed by atoms with Gasteiger partial charge in [-0.25, -0.2) is 8.42 Å². The van der Waals surface area contributed by atoms with Crippen LogP contribution in [-0.2, 0) is 15.4 Å². The average molecular weight is 444 g/mol. The summed E-state index contributed by atoms with van der Waals surface area (Å²) in [5.74, 6) is 1.25. The fourth-order valence-corrected chi connectivity index (χ4v) is 6.45. The van der Waals surface area contributed by atoms with Gasteiger partial charge in [0.2, 0.25) is 10.0 Å². The van der Waals surface area contributed by atoms with Crippen molar-refractivity contribution in [2.75, 3.05) is 40.5 Å². The van der Waals surface area contributed by atoms with Crippen molar-refractivity contribution >= 4 is 20.9 Å². The second-order valence-corrected chi connectivity index (χ2v) is 10.1. The van der Waals surface area contributed by atoms with E-state index in [1.807, 2.05) is 18.2 Å².